The first-order chi connectivity index (χ1) is 14.6. The molecule has 3 heterocycles. The van der Waals surface area contributed by atoms with Crippen LogP contribution >= 0.6 is 0 Å². The number of anilines is 2. The molecule has 8 heteroatoms. The van der Waals surface area contributed by atoms with E-state index in [4.69, 9.17) is 0 Å². The molecule has 1 atom stereocenters. The molecule has 0 bridgehead atoms. The van der Waals surface area contributed by atoms with Gasteiger partial charge in [0.15, 0.2) is 0 Å². The number of para-hydroxylation sites is 1. The fourth-order valence-electron chi connectivity index (χ4n) is 4.14. The Morgan fingerprint density at radius 2 is 1.80 bits per heavy atom. The quantitative estimate of drug-likeness (QED) is 0.687. The molecular weight excluding hydrogens is 382 g/mol. The van der Waals surface area contributed by atoms with Crippen LogP contribution in [0, 0.1) is 0 Å². The maximum atomic E-state index is 13.3. The van der Waals surface area contributed by atoms with Crippen molar-refractivity contribution < 1.29 is 14.4 Å². The van der Waals surface area contributed by atoms with Crippen LogP contribution in [0.3, 0.4) is 0 Å². The molecule has 0 unspecified atom stereocenters. The molecule has 150 valence electrons. The van der Waals surface area contributed by atoms with Crippen LogP contribution in [0.5, 0.6) is 0 Å². The van der Waals surface area contributed by atoms with E-state index in [0.717, 1.165) is 5.56 Å². The highest BCUT2D eigenvalue weighted by molar-refractivity contribution is 6.16. The van der Waals surface area contributed by atoms with Crippen molar-refractivity contribution in [1.82, 2.24) is 14.9 Å². The van der Waals surface area contributed by atoms with Crippen LogP contribution in [-0.4, -0.2) is 39.1 Å². The van der Waals surface area contributed by atoms with Crippen molar-refractivity contribution in [2.75, 3.05) is 16.8 Å². The molecule has 2 aliphatic rings. The molecule has 2 aromatic carbocycles. The number of imidazole rings is 1. The Hall–Kier alpha value is -3.94. The molecule has 2 aliphatic heterocycles. The summed E-state index contributed by atoms with van der Waals surface area (Å²) in [5.74, 6) is -0.0436. The number of carbonyl (C=O) groups excluding carboxylic acids is 3. The molecule has 3 aromatic rings. The van der Waals surface area contributed by atoms with Crippen LogP contribution in [0.15, 0.2) is 60.9 Å². The third-order valence-corrected chi connectivity index (χ3v) is 5.44. The number of aromatic amines is 1. The van der Waals surface area contributed by atoms with E-state index in [0.29, 0.717) is 35.7 Å². The number of nitrogens with one attached hydrogen (secondary N) is 2. The number of amides is 3. The highest BCUT2D eigenvalue weighted by Gasteiger charge is 2.47. The number of fused-ring (bicyclic) bond motifs is 5. The monoisotopic (exact) mass is 401 g/mol. The lowest BCUT2D eigenvalue weighted by molar-refractivity contribution is -0.116. The highest BCUT2D eigenvalue weighted by Crippen LogP contribution is 2.45. The van der Waals surface area contributed by atoms with Crippen LogP contribution in [0.25, 0.3) is 0 Å². The van der Waals surface area contributed by atoms with Crippen molar-refractivity contribution in [2.24, 2.45) is 0 Å². The summed E-state index contributed by atoms with van der Waals surface area (Å²) in [6, 6.07) is 14.5. The largest absolute Gasteiger partial charge is 0.331 e. The zero-order chi connectivity index (χ0) is 20.7. The van der Waals surface area contributed by atoms with Crippen LogP contribution in [-0.2, 0) is 4.79 Å². The van der Waals surface area contributed by atoms with Gasteiger partial charge in [-0.1, -0.05) is 30.3 Å². The van der Waals surface area contributed by atoms with E-state index in [1.807, 2.05) is 24.3 Å². The summed E-state index contributed by atoms with van der Waals surface area (Å²) < 4.78 is 0. The van der Waals surface area contributed by atoms with E-state index >= 15 is 0 Å². The Balaban J connectivity index is 1.41. The van der Waals surface area contributed by atoms with Gasteiger partial charge in [-0.25, -0.2) is 4.98 Å². The molecular formula is C22H19N5O3. The Morgan fingerprint density at radius 1 is 1.03 bits per heavy atom. The van der Waals surface area contributed by atoms with E-state index in [-0.39, 0.29) is 24.1 Å². The predicted octanol–water partition coefficient (Wildman–Crippen LogP) is 2.94. The second kappa shape index (κ2) is 7.14. The van der Waals surface area contributed by atoms with Gasteiger partial charge in [-0.2, -0.15) is 0 Å². The molecule has 0 aliphatic carbocycles. The van der Waals surface area contributed by atoms with Crippen molar-refractivity contribution in [3.63, 3.8) is 0 Å². The lowest BCUT2D eigenvalue weighted by Gasteiger charge is -2.41. The number of aromatic nitrogens is 2. The average Bonchev–Trinajstić information content (AvgIpc) is 3.37. The fraction of sp³-hybridized carbons (Fsp3) is 0.182. The molecule has 5 rings (SSSR count). The van der Waals surface area contributed by atoms with Gasteiger partial charge >= 0.3 is 0 Å². The molecule has 0 fully saturated rings. The average molecular weight is 401 g/mol. The maximum Gasteiger partial charge on any atom is 0.260 e. The summed E-state index contributed by atoms with van der Waals surface area (Å²) in [4.78, 5) is 48.7. The molecule has 0 saturated heterocycles. The van der Waals surface area contributed by atoms with Gasteiger partial charge in [0.2, 0.25) is 11.9 Å². The molecule has 2 N–H and O–H groups in total. The molecule has 30 heavy (non-hydrogen) atoms. The summed E-state index contributed by atoms with van der Waals surface area (Å²) in [6.07, 6.45) is 3.38. The van der Waals surface area contributed by atoms with Gasteiger partial charge in [-0.05, 0) is 24.6 Å². The summed E-state index contributed by atoms with van der Waals surface area (Å²) in [5.41, 5.74) is 2.54. The molecule has 0 radical (unpaired) electrons. The Kier molecular flexibility index (Phi) is 4.31. The Morgan fingerprint density at radius 3 is 2.60 bits per heavy atom. The van der Waals surface area contributed by atoms with Crippen molar-refractivity contribution in [2.45, 2.75) is 19.0 Å². The summed E-state index contributed by atoms with van der Waals surface area (Å²) >= 11 is 0. The fourth-order valence-corrected chi connectivity index (χ4v) is 4.14. The second-order valence-corrected chi connectivity index (χ2v) is 7.24. The number of carbonyl (C=O) groups is 3. The first-order valence-corrected chi connectivity index (χ1v) is 9.77. The Bertz CT molecular complexity index is 1140. The van der Waals surface area contributed by atoms with E-state index in [2.05, 4.69) is 15.3 Å². The molecule has 0 spiro atoms. The summed E-state index contributed by atoms with van der Waals surface area (Å²) in [7, 11) is 0. The van der Waals surface area contributed by atoms with Crippen molar-refractivity contribution in [3.8, 4) is 0 Å². The lowest BCUT2D eigenvalue weighted by Crippen LogP contribution is -2.48. The molecule has 0 saturated carbocycles. The van der Waals surface area contributed by atoms with E-state index in [9.17, 15) is 14.4 Å². The van der Waals surface area contributed by atoms with Crippen molar-refractivity contribution >= 4 is 29.4 Å². The Labute approximate surface area is 172 Å². The second-order valence-electron chi connectivity index (χ2n) is 7.24. The van der Waals surface area contributed by atoms with Gasteiger partial charge in [0.05, 0.1) is 11.3 Å². The van der Waals surface area contributed by atoms with Crippen LogP contribution in [0.1, 0.15) is 45.3 Å². The summed E-state index contributed by atoms with van der Waals surface area (Å²) in [5, 5.41) is 2.68. The number of hydrogen-bond acceptors (Lipinski definition) is 4. The van der Waals surface area contributed by atoms with Gasteiger partial charge in [0.25, 0.3) is 11.8 Å². The van der Waals surface area contributed by atoms with Crippen molar-refractivity contribution in [3.05, 3.63) is 77.6 Å². The highest BCUT2D eigenvalue weighted by atomic mass is 16.2. The van der Waals surface area contributed by atoms with Crippen LogP contribution < -0.4 is 10.2 Å². The van der Waals surface area contributed by atoms with Crippen LogP contribution in [0.2, 0.25) is 0 Å². The van der Waals surface area contributed by atoms with Gasteiger partial charge in [-0.15, -0.1) is 0 Å². The minimum Gasteiger partial charge on any atom is -0.331 e. The normalized spacial score (nSPS) is 16.9. The third kappa shape index (κ3) is 2.85. The first kappa shape index (κ1) is 18.1. The van der Waals surface area contributed by atoms with Crippen molar-refractivity contribution in [1.29, 1.82) is 0 Å². The topological polar surface area (TPSA) is 98.4 Å². The lowest BCUT2D eigenvalue weighted by atomic mass is 10.0. The smallest absolute Gasteiger partial charge is 0.260 e. The SMILES string of the molecule is O=C(CCCN1C(=O)c2ccccc2N2C(=O)c3ccccc3[C@H]12)Nc1ncc[nH]1. The predicted molar refractivity (Wildman–Crippen MR) is 110 cm³/mol. The number of rotatable bonds is 5. The standard InChI is InChI=1S/C22H19N5O3/c28-18(25-22-23-11-12-24-22)10-5-13-26-19-14-6-1-2-7-15(14)21(30)27(19)17-9-4-3-8-16(17)20(26)29/h1-4,6-9,11-12,19H,5,10,13H2,(H2,23,24,25,28)/t19-/m1/s1. The molecule has 1 aromatic heterocycles. The third-order valence-electron chi connectivity index (χ3n) is 5.44. The van der Waals surface area contributed by atoms with E-state index < -0.39 is 6.17 Å². The zero-order valence-electron chi connectivity index (χ0n) is 16.0. The maximum absolute atomic E-state index is 13.3. The van der Waals surface area contributed by atoms with Gasteiger partial charge in [0, 0.05) is 36.5 Å². The van der Waals surface area contributed by atoms with Gasteiger partial charge in [0.1, 0.15) is 6.17 Å². The van der Waals surface area contributed by atoms with E-state index in [1.165, 1.54) is 0 Å². The molecule has 3 amide bonds. The number of benzene rings is 2. The number of hydrogen-bond donors (Lipinski definition) is 2. The minimum atomic E-state index is -0.496. The number of H-pyrrole nitrogens is 1. The van der Waals surface area contributed by atoms with Gasteiger partial charge < -0.3 is 9.88 Å². The molecule has 8 nitrogen and oxygen atoms in total. The van der Waals surface area contributed by atoms with E-state index in [1.54, 1.807) is 46.5 Å². The number of nitrogens with zero attached hydrogens (tertiary/aromatic N) is 3. The zero-order valence-corrected chi connectivity index (χ0v) is 16.0. The van der Waals surface area contributed by atoms with Gasteiger partial charge in [-0.3, -0.25) is 24.6 Å². The minimum absolute atomic E-state index is 0.115. The first-order valence-electron chi connectivity index (χ1n) is 9.77. The van der Waals surface area contributed by atoms with Crippen LogP contribution in [0.4, 0.5) is 11.6 Å². The summed E-state index contributed by atoms with van der Waals surface area (Å²) in [6.45, 7) is 0.349.